The molecule has 0 radical (unpaired) electrons. The maximum Gasteiger partial charge on any atom is 0.106 e. The van der Waals surface area contributed by atoms with Gasteiger partial charge in [0, 0.05) is 18.0 Å². The Morgan fingerprint density at radius 3 is 2.00 bits per heavy atom. The predicted octanol–water partition coefficient (Wildman–Crippen LogP) is 5.21. The lowest BCUT2D eigenvalue weighted by molar-refractivity contribution is 0.194. The van der Waals surface area contributed by atoms with E-state index in [0.717, 1.165) is 16.7 Å². The summed E-state index contributed by atoms with van der Waals surface area (Å²) in [6, 6.07) is 21.9. The van der Waals surface area contributed by atoms with Crippen molar-refractivity contribution in [3.8, 4) is 11.1 Å². The van der Waals surface area contributed by atoms with Crippen LogP contribution in [0, 0.1) is 0 Å². The van der Waals surface area contributed by atoms with E-state index in [0.29, 0.717) is 13.2 Å². The highest BCUT2D eigenvalue weighted by Crippen LogP contribution is 2.25. The third kappa shape index (κ3) is 6.66. The Morgan fingerprint density at radius 2 is 1.44 bits per heavy atom. The van der Waals surface area contributed by atoms with Crippen LogP contribution in [0.5, 0.6) is 0 Å². The van der Waals surface area contributed by atoms with E-state index in [1.54, 1.807) is 24.5 Å². The number of aliphatic hydroxyl groups is 1. The molecule has 0 aliphatic rings. The van der Waals surface area contributed by atoms with Gasteiger partial charge in [0.05, 0.1) is 13.2 Å². The molecule has 1 aromatic heterocycles. The van der Waals surface area contributed by atoms with Crippen LogP contribution >= 0.6 is 0 Å². The van der Waals surface area contributed by atoms with E-state index in [1.165, 1.54) is 5.56 Å². The van der Waals surface area contributed by atoms with Gasteiger partial charge in [0.25, 0.3) is 0 Å². The van der Waals surface area contributed by atoms with Crippen LogP contribution in [0.2, 0.25) is 0 Å². The average molecular weight is 359 g/mol. The van der Waals surface area contributed by atoms with Gasteiger partial charge in [-0.2, -0.15) is 0 Å². The first-order chi connectivity index (χ1) is 13.3. The van der Waals surface area contributed by atoms with Crippen molar-refractivity contribution in [1.29, 1.82) is 0 Å². The molecule has 0 fully saturated rings. The van der Waals surface area contributed by atoms with Crippen molar-refractivity contribution in [1.82, 2.24) is 4.98 Å². The van der Waals surface area contributed by atoms with Gasteiger partial charge in [-0.25, -0.2) is 0 Å². The smallest absolute Gasteiger partial charge is 0.106 e. The molecule has 3 heteroatoms. The number of hydrogen-bond donors (Lipinski definition) is 1. The molecule has 0 saturated carbocycles. The van der Waals surface area contributed by atoms with E-state index < -0.39 is 6.10 Å². The molecule has 0 spiro atoms. The molecule has 138 valence electrons. The van der Waals surface area contributed by atoms with Crippen LogP contribution in [-0.2, 0) is 4.74 Å². The van der Waals surface area contributed by atoms with Crippen molar-refractivity contribution in [3.05, 3.63) is 116 Å². The lowest BCUT2D eigenvalue weighted by Crippen LogP contribution is -1.99. The van der Waals surface area contributed by atoms with Crippen LogP contribution in [-0.4, -0.2) is 23.3 Å². The SMILES string of the molecule is C=CCOCC=C.OC(c1ccc(-c2ccccc2)cc1)c1cccnc1. The molecule has 0 saturated heterocycles. The molecule has 0 aliphatic heterocycles. The first-order valence-electron chi connectivity index (χ1n) is 8.79. The lowest BCUT2D eigenvalue weighted by atomic mass is 9.99. The quantitative estimate of drug-likeness (QED) is 0.465. The van der Waals surface area contributed by atoms with E-state index in [9.17, 15) is 5.11 Å². The van der Waals surface area contributed by atoms with Gasteiger partial charge in [0.1, 0.15) is 6.10 Å². The summed E-state index contributed by atoms with van der Waals surface area (Å²) >= 11 is 0. The fourth-order valence-electron chi connectivity index (χ4n) is 2.45. The van der Waals surface area contributed by atoms with Crippen LogP contribution in [0.3, 0.4) is 0 Å². The van der Waals surface area contributed by atoms with E-state index >= 15 is 0 Å². The topological polar surface area (TPSA) is 42.4 Å². The number of nitrogens with zero attached hydrogens (tertiary/aromatic N) is 1. The molecule has 0 bridgehead atoms. The van der Waals surface area contributed by atoms with Gasteiger partial charge in [-0.05, 0) is 22.8 Å². The summed E-state index contributed by atoms with van der Waals surface area (Å²) in [5.41, 5.74) is 4.00. The first kappa shape index (κ1) is 20.3. The monoisotopic (exact) mass is 359 g/mol. The molecule has 1 N–H and O–H groups in total. The molecular weight excluding hydrogens is 334 g/mol. The number of rotatable bonds is 7. The molecule has 1 atom stereocenters. The van der Waals surface area contributed by atoms with E-state index in [4.69, 9.17) is 4.74 Å². The largest absolute Gasteiger partial charge is 0.384 e. The van der Waals surface area contributed by atoms with Crippen molar-refractivity contribution in [2.75, 3.05) is 13.2 Å². The standard InChI is InChI=1S/C18H15NO.C6H10O/c20-18(17-7-4-12-19-13-17)16-10-8-15(9-11-16)14-5-2-1-3-6-14;1-3-5-7-6-4-2/h1-13,18,20H;3-4H,1-2,5-6H2. The Balaban J connectivity index is 0.000000321. The second kappa shape index (κ2) is 11.6. The number of aromatic nitrogens is 1. The van der Waals surface area contributed by atoms with Crippen LogP contribution in [0.1, 0.15) is 17.2 Å². The number of ether oxygens (including phenoxy) is 1. The van der Waals surface area contributed by atoms with Gasteiger partial charge < -0.3 is 9.84 Å². The minimum atomic E-state index is -0.631. The van der Waals surface area contributed by atoms with Gasteiger partial charge in [0.15, 0.2) is 0 Å². The summed E-state index contributed by atoms with van der Waals surface area (Å²) in [5.74, 6) is 0. The van der Waals surface area contributed by atoms with E-state index in [1.807, 2.05) is 54.6 Å². The van der Waals surface area contributed by atoms with Gasteiger partial charge in [-0.15, -0.1) is 13.2 Å². The highest BCUT2D eigenvalue weighted by atomic mass is 16.5. The fourth-order valence-corrected chi connectivity index (χ4v) is 2.45. The summed E-state index contributed by atoms with van der Waals surface area (Å²) in [6.45, 7) is 8.18. The van der Waals surface area contributed by atoms with E-state index in [-0.39, 0.29) is 0 Å². The Labute approximate surface area is 161 Å². The zero-order valence-corrected chi connectivity index (χ0v) is 15.4. The molecule has 27 heavy (non-hydrogen) atoms. The number of pyridine rings is 1. The molecule has 2 aromatic carbocycles. The van der Waals surface area contributed by atoms with E-state index in [2.05, 4.69) is 30.3 Å². The molecule has 3 nitrogen and oxygen atoms in total. The Morgan fingerprint density at radius 1 is 0.815 bits per heavy atom. The summed E-state index contributed by atoms with van der Waals surface area (Å²) in [4.78, 5) is 4.04. The zero-order valence-electron chi connectivity index (χ0n) is 15.4. The number of hydrogen-bond acceptors (Lipinski definition) is 3. The van der Waals surface area contributed by atoms with Crippen molar-refractivity contribution in [2.45, 2.75) is 6.10 Å². The Bertz CT molecular complexity index is 791. The zero-order chi connectivity index (χ0) is 19.3. The predicted molar refractivity (Wildman–Crippen MR) is 111 cm³/mol. The number of benzene rings is 2. The van der Waals surface area contributed by atoms with Crippen molar-refractivity contribution in [2.24, 2.45) is 0 Å². The first-order valence-corrected chi connectivity index (χ1v) is 8.79. The highest BCUT2D eigenvalue weighted by Gasteiger charge is 2.10. The third-order valence-corrected chi connectivity index (χ3v) is 3.81. The summed E-state index contributed by atoms with van der Waals surface area (Å²) in [6.07, 6.45) is 6.19. The van der Waals surface area contributed by atoms with Crippen LogP contribution in [0.15, 0.2) is 104 Å². The Hall–Kier alpha value is -3.01. The maximum atomic E-state index is 10.3. The van der Waals surface area contributed by atoms with Crippen molar-refractivity contribution < 1.29 is 9.84 Å². The van der Waals surface area contributed by atoms with Gasteiger partial charge in [-0.1, -0.05) is 72.8 Å². The summed E-state index contributed by atoms with van der Waals surface area (Å²) in [7, 11) is 0. The minimum absolute atomic E-state index is 0.617. The molecule has 3 rings (SSSR count). The molecule has 3 aromatic rings. The highest BCUT2D eigenvalue weighted by molar-refractivity contribution is 5.63. The fraction of sp³-hybridized carbons (Fsp3) is 0.125. The summed E-state index contributed by atoms with van der Waals surface area (Å²) in [5, 5.41) is 10.3. The normalized spacial score (nSPS) is 11.0. The molecule has 1 unspecified atom stereocenters. The Kier molecular flexibility index (Phi) is 8.70. The third-order valence-electron chi connectivity index (χ3n) is 3.81. The average Bonchev–Trinajstić information content (AvgIpc) is 2.75. The molecular formula is C24H25NO2. The maximum absolute atomic E-state index is 10.3. The second-order valence-corrected chi connectivity index (χ2v) is 5.79. The molecule has 0 aliphatic carbocycles. The van der Waals surface area contributed by atoms with Gasteiger partial charge in [-0.3, -0.25) is 4.98 Å². The molecule has 1 heterocycles. The van der Waals surface area contributed by atoms with Gasteiger partial charge in [0.2, 0.25) is 0 Å². The lowest BCUT2D eigenvalue weighted by Gasteiger charge is -2.11. The van der Waals surface area contributed by atoms with Crippen LogP contribution < -0.4 is 0 Å². The minimum Gasteiger partial charge on any atom is -0.384 e. The van der Waals surface area contributed by atoms with Crippen molar-refractivity contribution >= 4 is 0 Å². The molecule has 0 amide bonds. The van der Waals surface area contributed by atoms with Crippen molar-refractivity contribution in [3.63, 3.8) is 0 Å². The van der Waals surface area contributed by atoms with Gasteiger partial charge >= 0.3 is 0 Å². The summed E-state index contributed by atoms with van der Waals surface area (Å²) < 4.78 is 4.90. The van der Waals surface area contributed by atoms with Crippen LogP contribution in [0.4, 0.5) is 0 Å². The van der Waals surface area contributed by atoms with Crippen LogP contribution in [0.25, 0.3) is 11.1 Å². The second-order valence-electron chi connectivity index (χ2n) is 5.79. The number of aliphatic hydroxyl groups excluding tert-OH is 1.